The van der Waals surface area contributed by atoms with Gasteiger partial charge in [0.05, 0.1) is 12.7 Å². The van der Waals surface area contributed by atoms with E-state index >= 15 is 0 Å². The molecule has 142 valence electrons. The predicted octanol–water partition coefficient (Wildman–Crippen LogP) is -2.03. The second-order valence-corrected chi connectivity index (χ2v) is 6.04. The second-order valence-electron chi connectivity index (χ2n) is 6.04. The molecule has 26 heavy (non-hydrogen) atoms. The van der Waals surface area contributed by atoms with Crippen LogP contribution in [0.2, 0.25) is 0 Å². The molecule has 0 aliphatic carbocycles. The summed E-state index contributed by atoms with van der Waals surface area (Å²) in [5, 5.41) is 27.9. The molecule has 0 bridgehead atoms. The number of aliphatic hydroxyl groups excluding tert-OH is 2. The summed E-state index contributed by atoms with van der Waals surface area (Å²) >= 11 is 0. The number of fused-ring (bicyclic) bond motifs is 1. The molecule has 0 aromatic carbocycles. The fraction of sp³-hybridized carbons (Fsp3) is 0.571. The maximum absolute atomic E-state index is 12.8. The summed E-state index contributed by atoms with van der Waals surface area (Å²) in [6.45, 7) is -0.443. The summed E-state index contributed by atoms with van der Waals surface area (Å²) in [6.07, 6.45) is -2.81. The highest BCUT2D eigenvalue weighted by Crippen LogP contribution is 2.29. The van der Waals surface area contributed by atoms with Gasteiger partial charge in [0.25, 0.3) is 5.56 Å². The van der Waals surface area contributed by atoms with Crippen LogP contribution in [-0.2, 0) is 16.1 Å². The van der Waals surface area contributed by atoms with Crippen molar-refractivity contribution < 1.29 is 24.9 Å². The first-order chi connectivity index (χ1) is 12.3. The van der Waals surface area contributed by atoms with Crippen LogP contribution in [0, 0.1) is 0 Å². The molecule has 0 spiro atoms. The first kappa shape index (κ1) is 18.1. The number of hydrogen-bond acceptors (Lipinski definition) is 8. The lowest BCUT2D eigenvalue weighted by Crippen LogP contribution is -2.29. The smallest absolute Gasteiger partial charge is 0.332 e. The van der Waals surface area contributed by atoms with Gasteiger partial charge in [0.1, 0.15) is 12.3 Å². The number of carboxylic acid groups (broad SMARTS) is 1. The van der Waals surface area contributed by atoms with Gasteiger partial charge in [-0.2, -0.15) is 4.98 Å². The number of anilines is 1. The van der Waals surface area contributed by atoms with E-state index in [0.717, 1.165) is 9.13 Å². The quantitative estimate of drug-likeness (QED) is 0.383. The summed E-state index contributed by atoms with van der Waals surface area (Å²) < 4.78 is 7.71. The third-order valence-electron chi connectivity index (χ3n) is 4.27. The van der Waals surface area contributed by atoms with Crippen LogP contribution in [0.25, 0.3) is 11.2 Å². The number of nitrogens with one attached hydrogen (secondary N) is 1. The number of aliphatic carboxylic acids is 1. The van der Waals surface area contributed by atoms with E-state index in [1.165, 1.54) is 0 Å². The van der Waals surface area contributed by atoms with E-state index in [-0.39, 0.29) is 42.9 Å². The molecule has 1 aliphatic heterocycles. The Morgan fingerprint density at radius 3 is 2.77 bits per heavy atom. The average Bonchev–Trinajstić information content (AvgIpc) is 3.04. The Morgan fingerprint density at radius 2 is 2.15 bits per heavy atom. The van der Waals surface area contributed by atoms with Crippen LogP contribution in [0.4, 0.5) is 5.95 Å². The van der Waals surface area contributed by atoms with Crippen molar-refractivity contribution in [2.45, 2.75) is 44.2 Å². The van der Waals surface area contributed by atoms with Gasteiger partial charge in [-0.15, -0.1) is 0 Å². The van der Waals surface area contributed by atoms with E-state index in [1.807, 2.05) is 0 Å². The number of carbonyl (C=O) groups is 1. The molecule has 6 N–H and O–H groups in total. The van der Waals surface area contributed by atoms with Crippen LogP contribution < -0.4 is 17.0 Å². The standard InChI is InChI=1S/C14H19N5O7/c15-13-16-11-10(12(24)17-13)18(3-1-2-9(22)23)14(25)19(11)8-4-6(21)7(5-20)26-8/h6-8,20-21H,1-5H2,(H,22,23)(H3,15,16,17,24)/t6-,7?,8?/m1/s1. The van der Waals surface area contributed by atoms with Crippen molar-refractivity contribution in [1.82, 2.24) is 19.1 Å². The Hall–Kier alpha value is -2.70. The molecule has 0 amide bonds. The summed E-state index contributed by atoms with van der Waals surface area (Å²) in [5.74, 6) is -1.22. The van der Waals surface area contributed by atoms with Crippen LogP contribution in [0.3, 0.4) is 0 Å². The summed E-state index contributed by atoms with van der Waals surface area (Å²) in [4.78, 5) is 42.1. The number of H-pyrrole nitrogens is 1. The maximum atomic E-state index is 12.8. The molecule has 2 aromatic heterocycles. The second kappa shape index (κ2) is 6.90. The van der Waals surface area contributed by atoms with Gasteiger partial charge in [-0.05, 0) is 6.42 Å². The van der Waals surface area contributed by atoms with E-state index in [4.69, 9.17) is 15.6 Å². The van der Waals surface area contributed by atoms with Crippen molar-refractivity contribution in [3.8, 4) is 0 Å². The number of nitrogen functional groups attached to an aromatic ring is 1. The number of carboxylic acids is 1. The van der Waals surface area contributed by atoms with Gasteiger partial charge in [-0.3, -0.25) is 19.1 Å². The number of aromatic amines is 1. The maximum Gasteiger partial charge on any atom is 0.332 e. The number of rotatable bonds is 6. The van der Waals surface area contributed by atoms with Crippen LogP contribution in [0.1, 0.15) is 25.5 Å². The third kappa shape index (κ3) is 3.09. The molecule has 2 aromatic rings. The zero-order valence-electron chi connectivity index (χ0n) is 13.7. The Bertz CT molecular complexity index is 946. The van der Waals surface area contributed by atoms with Crippen molar-refractivity contribution >= 4 is 23.1 Å². The normalized spacial score (nSPS) is 22.9. The fourth-order valence-electron chi connectivity index (χ4n) is 3.09. The highest BCUT2D eigenvalue weighted by molar-refractivity contribution is 5.72. The minimum Gasteiger partial charge on any atom is -0.481 e. The van der Waals surface area contributed by atoms with Crippen molar-refractivity contribution in [1.29, 1.82) is 0 Å². The number of aromatic nitrogens is 4. The van der Waals surface area contributed by atoms with Gasteiger partial charge >= 0.3 is 11.7 Å². The van der Waals surface area contributed by atoms with E-state index < -0.39 is 42.3 Å². The lowest BCUT2D eigenvalue weighted by molar-refractivity contribution is -0.137. The van der Waals surface area contributed by atoms with Gasteiger partial charge in [-0.1, -0.05) is 0 Å². The molecule has 3 rings (SSSR count). The van der Waals surface area contributed by atoms with Crippen LogP contribution in [-0.4, -0.2) is 59.2 Å². The molecule has 1 fully saturated rings. The Kier molecular flexibility index (Phi) is 4.80. The molecule has 1 aliphatic rings. The van der Waals surface area contributed by atoms with Crippen molar-refractivity contribution in [3.63, 3.8) is 0 Å². The minimum atomic E-state index is -1.02. The highest BCUT2D eigenvalue weighted by atomic mass is 16.5. The predicted molar refractivity (Wildman–Crippen MR) is 87.5 cm³/mol. The molecule has 12 nitrogen and oxygen atoms in total. The van der Waals surface area contributed by atoms with Gasteiger partial charge < -0.3 is 25.8 Å². The van der Waals surface area contributed by atoms with E-state index in [1.54, 1.807) is 0 Å². The van der Waals surface area contributed by atoms with Crippen LogP contribution in [0.15, 0.2) is 9.59 Å². The molecular weight excluding hydrogens is 350 g/mol. The number of imidazole rings is 1. The van der Waals surface area contributed by atoms with Gasteiger partial charge in [0.15, 0.2) is 11.2 Å². The monoisotopic (exact) mass is 369 g/mol. The molecule has 0 radical (unpaired) electrons. The molecule has 2 unspecified atom stereocenters. The number of aryl methyl sites for hydroxylation is 1. The minimum absolute atomic E-state index is 0.0119. The van der Waals surface area contributed by atoms with Crippen molar-refractivity contribution in [2.24, 2.45) is 0 Å². The third-order valence-corrected chi connectivity index (χ3v) is 4.27. The molecular formula is C14H19N5O7. The topological polar surface area (TPSA) is 186 Å². The fourth-order valence-corrected chi connectivity index (χ4v) is 3.09. The zero-order chi connectivity index (χ0) is 19.0. The lowest BCUT2D eigenvalue weighted by atomic mass is 10.2. The van der Waals surface area contributed by atoms with Crippen LogP contribution >= 0.6 is 0 Å². The first-order valence-electron chi connectivity index (χ1n) is 8.00. The van der Waals surface area contributed by atoms with E-state index in [0.29, 0.717) is 0 Å². The van der Waals surface area contributed by atoms with Crippen molar-refractivity contribution in [2.75, 3.05) is 12.3 Å². The molecule has 3 atom stereocenters. The first-order valence-corrected chi connectivity index (χ1v) is 8.00. The molecule has 3 heterocycles. The lowest BCUT2D eigenvalue weighted by Gasteiger charge is -2.12. The number of nitrogens with zero attached hydrogens (tertiary/aromatic N) is 3. The van der Waals surface area contributed by atoms with Crippen molar-refractivity contribution in [3.05, 3.63) is 20.8 Å². The number of nitrogens with two attached hydrogens (primary N) is 1. The zero-order valence-corrected chi connectivity index (χ0v) is 13.7. The summed E-state index contributed by atoms with van der Waals surface area (Å²) in [5.41, 5.74) is 4.21. The van der Waals surface area contributed by atoms with Gasteiger partial charge in [-0.25, -0.2) is 9.36 Å². The summed E-state index contributed by atoms with van der Waals surface area (Å²) in [7, 11) is 0. The number of hydrogen-bond donors (Lipinski definition) is 5. The van der Waals surface area contributed by atoms with Gasteiger partial charge in [0, 0.05) is 19.4 Å². The molecule has 0 saturated carbocycles. The summed E-state index contributed by atoms with van der Waals surface area (Å²) in [6, 6.07) is 0. The molecule has 1 saturated heterocycles. The van der Waals surface area contributed by atoms with Gasteiger partial charge in [0.2, 0.25) is 5.95 Å². The SMILES string of the molecule is Nc1nc2c(c(=O)[nH]1)n(CCCC(=O)O)c(=O)n2C1C[C@@H](O)C(CO)O1. The molecule has 12 heteroatoms. The largest absolute Gasteiger partial charge is 0.481 e. The Balaban J connectivity index is 2.11. The number of ether oxygens (including phenoxy) is 1. The van der Waals surface area contributed by atoms with Crippen LogP contribution in [0.5, 0.6) is 0 Å². The Morgan fingerprint density at radius 1 is 1.42 bits per heavy atom. The van der Waals surface area contributed by atoms with E-state index in [2.05, 4.69) is 9.97 Å². The Labute approximate surface area is 145 Å². The average molecular weight is 369 g/mol. The highest BCUT2D eigenvalue weighted by Gasteiger charge is 2.37. The van der Waals surface area contributed by atoms with E-state index in [9.17, 15) is 24.6 Å². The number of aliphatic hydroxyl groups is 2.